The molecule has 1 saturated carbocycles. The summed E-state index contributed by atoms with van der Waals surface area (Å²) in [5, 5.41) is 0. The van der Waals surface area contributed by atoms with Gasteiger partial charge in [0.2, 0.25) is 17.7 Å². The van der Waals surface area contributed by atoms with Gasteiger partial charge in [0.1, 0.15) is 6.54 Å². The average Bonchev–Trinajstić information content (AvgIpc) is 3.50. The highest BCUT2D eigenvalue weighted by molar-refractivity contribution is 6.06. The van der Waals surface area contributed by atoms with Crippen LogP contribution in [-0.2, 0) is 27.5 Å². The van der Waals surface area contributed by atoms with Crippen molar-refractivity contribution in [2.45, 2.75) is 26.4 Å². The number of rotatable bonds is 7. The molecule has 176 valence electrons. The molecule has 1 aliphatic heterocycles. The minimum atomic E-state index is -0.663. The van der Waals surface area contributed by atoms with E-state index in [1.807, 2.05) is 30.3 Å². The Labute approximate surface area is 195 Å². The number of carbonyl (C=O) groups is 3. The number of carbonyl (C=O) groups excluding carboxylic acids is 3. The molecule has 2 bridgehead atoms. The van der Waals surface area contributed by atoms with E-state index in [9.17, 15) is 24.0 Å². The fourth-order valence-electron chi connectivity index (χ4n) is 5.48. The molecule has 1 saturated heterocycles. The molecule has 2 fully saturated rings. The van der Waals surface area contributed by atoms with E-state index in [1.54, 1.807) is 11.8 Å². The number of imide groups is 1. The van der Waals surface area contributed by atoms with Crippen molar-refractivity contribution in [3.8, 4) is 0 Å². The smallest absolute Gasteiger partial charge is 0.328 e. The zero-order chi connectivity index (χ0) is 24.0. The molecule has 2 aromatic rings. The first-order valence-corrected chi connectivity index (χ1v) is 11.5. The van der Waals surface area contributed by atoms with Gasteiger partial charge in [-0.2, -0.15) is 0 Å². The molecule has 0 radical (unpaired) electrons. The molecule has 3 aliphatic rings. The highest BCUT2D eigenvalue weighted by atomic mass is 16.2. The van der Waals surface area contributed by atoms with E-state index in [0.29, 0.717) is 5.56 Å². The highest BCUT2D eigenvalue weighted by Crippen LogP contribution is 2.52. The van der Waals surface area contributed by atoms with E-state index < -0.39 is 11.2 Å². The lowest BCUT2D eigenvalue weighted by atomic mass is 9.85. The molecular weight excluding hydrogens is 436 g/mol. The Morgan fingerprint density at radius 1 is 1.03 bits per heavy atom. The SMILES string of the molecule is Cc1cn(CC(=O)N(CCN2C(=O)[C@@H]3[C@H](C2=O)[C@@H]2C=C[C@H]3C2)Cc2ccccc2)c(=O)[nH]c1=O. The van der Waals surface area contributed by atoms with Crippen molar-refractivity contribution >= 4 is 17.7 Å². The molecule has 9 nitrogen and oxygen atoms in total. The van der Waals surface area contributed by atoms with Crippen molar-refractivity contribution in [1.29, 1.82) is 0 Å². The monoisotopic (exact) mass is 462 g/mol. The maximum absolute atomic E-state index is 13.2. The molecule has 9 heteroatoms. The summed E-state index contributed by atoms with van der Waals surface area (Å²) in [7, 11) is 0. The maximum atomic E-state index is 13.2. The molecule has 3 amide bonds. The van der Waals surface area contributed by atoms with Gasteiger partial charge in [-0.1, -0.05) is 42.5 Å². The predicted molar refractivity (Wildman–Crippen MR) is 122 cm³/mol. The summed E-state index contributed by atoms with van der Waals surface area (Å²) < 4.78 is 1.16. The van der Waals surface area contributed by atoms with Crippen LogP contribution in [0.5, 0.6) is 0 Å². The average molecular weight is 463 g/mol. The Hall–Kier alpha value is -3.75. The normalized spacial score (nSPS) is 24.7. The molecular formula is C25H26N4O5. The number of benzene rings is 1. The number of allylic oxidation sites excluding steroid dienone is 2. The highest BCUT2D eigenvalue weighted by Gasteiger charge is 2.59. The van der Waals surface area contributed by atoms with Crippen LogP contribution in [0.4, 0.5) is 0 Å². The first-order chi connectivity index (χ1) is 16.3. The third-order valence-electron chi connectivity index (χ3n) is 7.22. The van der Waals surface area contributed by atoms with E-state index in [4.69, 9.17) is 0 Å². The third kappa shape index (κ3) is 3.81. The summed E-state index contributed by atoms with van der Waals surface area (Å²) in [6.07, 6.45) is 6.33. The van der Waals surface area contributed by atoms with Crippen molar-refractivity contribution in [2.75, 3.05) is 13.1 Å². The number of amides is 3. The lowest BCUT2D eigenvalue weighted by Crippen LogP contribution is -2.44. The molecule has 0 unspecified atom stereocenters. The van der Waals surface area contributed by atoms with Crippen LogP contribution in [-0.4, -0.2) is 50.2 Å². The number of aromatic amines is 1. The number of nitrogens with one attached hydrogen (secondary N) is 1. The van der Waals surface area contributed by atoms with Crippen molar-refractivity contribution in [3.63, 3.8) is 0 Å². The molecule has 1 N–H and O–H groups in total. The van der Waals surface area contributed by atoms with Crippen LogP contribution in [0.3, 0.4) is 0 Å². The Morgan fingerprint density at radius 2 is 1.68 bits per heavy atom. The molecule has 2 heterocycles. The molecule has 34 heavy (non-hydrogen) atoms. The van der Waals surface area contributed by atoms with Gasteiger partial charge in [-0.25, -0.2) is 4.79 Å². The topological polar surface area (TPSA) is 113 Å². The molecule has 4 atom stereocenters. The van der Waals surface area contributed by atoms with Gasteiger partial charge >= 0.3 is 5.69 Å². The van der Waals surface area contributed by atoms with Gasteiger partial charge in [0.05, 0.1) is 11.8 Å². The van der Waals surface area contributed by atoms with Crippen LogP contribution < -0.4 is 11.2 Å². The number of likely N-dealkylation sites (tertiary alicyclic amines) is 1. The summed E-state index contributed by atoms with van der Waals surface area (Å²) in [6, 6.07) is 9.38. The Balaban J connectivity index is 1.33. The fraction of sp³-hybridized carbons (Fsp3) is 0.400. The number of fused-ring (bicyclic) bond motifs is 5. The quantitative estimate of drug-likeness (QED) is 0.480. The van der Waals surface area contributed by atoms with E-state index >= 15 is 0 Å². The largest absolute Gasteiger partial charge is 0.335 e. The summed E-state index contributed by atoms with van der Waals surface area (Å²) in [4.78, 5) is 68.2. The number of hydrogen-bond donors (Lipinski definition) is 1. The summed E-state index contributed by atoms with van der Waals surface area (Å²) in [6.45, 7) is 1.84. The van der Waals surface area contributed by atoms with E-state index in [0.717, 1.165) is 16.6 Å². The van der Waals surface area contributed by atoms with E-state index in [2.05, 4.69) is 17.1 Å². The van der Waals surface area contributed by atoms with Crippen molar-refractivity contribution in [3.05, 3.63) is 80.6 Å². The Kier molecular flexibility index (Phi) is 5.55. The second-order valence-corrected chi connectivity index (χ2v) is 9.33. The second kappa shape index (κ2) is 8.55. The van der Waals surface area contributed by atoms with Gasteiger partial charge in [-0.05, 0) is 30.7 Å². The standard InChI is InChI=1S/C25H26N4O5/c1-15-12-28(25(34)26-22(15)31)14-19(30)27(13-16-5-3-2-4-6-16)9-10-29-23(32)20-17-7-8-18(11-17)21(20)24(29)33/h2-8,12,17-18,20-21H,9-11,13-14H2,1H3,(H,26,31,34)/t17-,18+,20-,21+. The van der Waals surface area contributed by atoms with E-state index in [1.165, 1.54) is 11.1 Å². The Morgan fingerprint density at radius 3 is 2.32 bits per heavy atom. The minimum Gasteiger partial charge on any atom is -0.335 e. The van der Waals surface area contributed by atoms with Crippen molar-refractivity contribution < 1.29 is 14.4 Å². The number of aromatic nitrogens is 2. The van der Waals surface area contributed by atoms with Gasteiger partial charge in [-0.3, -0.25) is 33.6 Å². The van der Waals surface area contributed by atoms with E-state index in [-0.39, 0.29) is 67.6 Å². The molecule has 2 aliphatic carbocycles. The maximum Gasteiger partial charge on any atom is 0.328 e. The second-order valence-electron chi connectivity index (χ2n) is 9.33. The van der Waals surface area contributed by atoms with Crippen LogP contribution in [0.25, 0.3) is 0 Å². The summed E-state index contributed by atoms with van der Waals surface area (Å²) >= 11 is 0. The fourth-order valence-corrected chi connectivity index (χ4v) is 5.48. The molecule has 1 aromatic heterocycles. The van der Waals surface area contributed by atoms with Crippen LogP contribution in [0.1, 0.15) is 17.5 Å². The summed E-state index contributed by atoms with van der Waals surface area (Å²) in [5.74, 6) is -0.925. The first-order valence-electron chi connectivity index (χ1n) is 11.5. The predicted octanol–water partition coefficient (Wildman–Crippen LogP) is 0.681. The zero-order valence-corrected chi connectivity index (χ0v) is 18.8. The lowest BCUT2D eigenvalue weighted by molar-refractivity contribution is -0.142. The number of nitrogens with zero attached hydrogens (tertiary/aromatic N) is 3. The van der Waals surface area contributed by atoms with Crippen LogP contribution >= 0.6 is 0 Å². The van der Waals surface area contributed by atoms with Crippen molar-refractivity contribution in [2.24, 2.45) is 23.7 Å². The number of H-pyrrole nitrogens is 1. The lowest BCUT2D eigenvalue weighted by Gasteiger charge is -2.26. The zero-order valence-electron chi connectivity index (χ0n) is 18.8. The first kappa shape index (κ1) is 22.1. The number of aryl methyl sites for hydroxylation is 1. The van der Waals surface area contributed by atoms with Crippen LogP contribution in [0.15, 0.2) is 58.3 Å². The number of hydrogen-bond acceptors (Lipinski definition) is 5. The van der Waals surface area contributed by atoms with Crippen molar-refractivity contribution in [1.82, 2.24) is 19.4 Å². The van der Waals surface area contributed by atoms with Gasteiger partial charge in [0.15, 0.2) is 0 Å². The van der Waals surface area contributed by atoms with Gasteiger partial charge < -0.3 is 4.90 Å². The third-order valence-corrected chi connectivity index (χ3v) is 7.22. The molecule has 1 aromatic carbocycles. The molecule has 5 rings (SSSR count). The Bertz CT molecular complexity index is 1260. The summed E-state index contributed by atoms with van der Waals surface area (Å²) in [5.41, 5.74) is 0.0586. The van der Waals surface area contributed by atoms with Gasteiger partial charge in [0.25, 0.3) is 5.56 Å². The van der Waals surface area contributed by atoms with Gasteiger partial charge in [0, 0.05) is 31.4 Å². The minimum absolute atomic E-state index is 0.113. The molecule has 0 spiro atoms. The van der Waals surface area contributed by atoms with Crippen LogP contribution in [0, 0.1) is 30.6 Å². The van der Waals surface area contributed by atoms with Gasteiger partial charge in [-0.15, -0.1) is 0 Å². The van der Waals surface area contributed by atoms with Crippen LogP contribution in [0.2, 0.25) is 0 Å².